The molecule has 6 heteroatoms. The maximum Gasteiger partial charge on any atom is 0.308 e. The zero-order valence-electron chi connectivity index (χ0n) is 12.9. The number of benzene rings is 1. The molecule has 124 valence electrons. The SMILES string of the molecule is CC(Oc1cccc(Br)c1)C(=O)N1C[C@H](C(=O)O)[C@@H](C2CC2)C1. The van der Waals surface area contributed by atoms with E-state index in [0.29, 0.717) is 24.8 Å². The summed E-state index contributed by atoms with van der Waals surface area (Å²) in [4.78, 5) is 25.7. The molecular weight excluding hydrogens is 362 g/mol. The smallest absolute Gasteiger partial charge is 0.308 e. The third-order valence-electron chi connectivity index (χ3n) is 4.68. The van der Waals surface area contributed by atoms with Gasteiger partial charge in [-0.1, -0.05) is 22.0 Å². The van der Waals surface area contributed by atoms with Crippen molar-refractivity contribution in [3.05, 3.63) is 28.7 Å². The standard InChI is InChI=1S/C17H20BrNO4/c1-10(23-13-4-2-3-12(18)7-13)16(20)19-8-14(11-5-6-11)15(9-19)17(21)22/h2-4,7,10-11,14-15H,5-6,8-9H2,1H3,(H,21,22)/t10?,14-,15+/m1/s1. The summed E-state index contributed by atoms with van der Waals surface area (Å²) in [6.45, 7) is 2.54. The van der Waals surface area contributed by atoms with Crippen molar-refractivity contribution < 1.29 is 19.4 Å². The zero-order chi connectivity index (χ0) is 16.6. The van der Waals surface area contributed by atoms with Crippen LogP contribution in [0, 0.1) is 17.8 Å². The van der Waals surface area contributed by atoms with Gasteiger partial charge in [-0.2, -0.15) is 0 Å². The highest BCUT2D eigenvalue weighted by molar-refractivity contribution is 9.10. The van der Waals surface area contributed by atoms with E-state index in [4.69, 9.17) is 4.74 Å². The molecule has 1 unspecified atom stereocenters. The van der Waals surface area contributed by atoms with E-state index >= 15 is 0 Å². The van der Waals surface area contributed by atoms with E-state index in [2.05, 4.69) is 15.9 Å². The number of carboxylic acid groups (broad SMARTS) is 1. The Morgan fingerprint density at radius 2 is 2.09 bits per heavy atom. The molecule has 1 amide bonds. The van der Waals surface area contributed by atoms with Gasteiger partial charge in [-0.05, 0) is 49.8 Å². The molecule has 1 aromatic rings. The van der Waals surface area contributed by atoms with E-state index in [1.807, 2.05) is 12.1 Å². The first kappa shape index (κ1) is 16.3. The summed E-state index contributed by atoms with van der Waals surface area (Å²) in [7, 11) is 0. The minimum atomic E-state index is -0.794. The first-order valence-corrected chi connectivity index (χ1v) is 8.69. The lowest BCUT2D eigenvalue weighted by molar-refractivity contribution is -0.143. The van der Waals surface area contributed by atoms with Gasteiger partial charge in [-0.3, -0.25) is 9.59 Å². The first-order chi connectivity index (χ1) is 11.0. The van der Waals surface area contributed by atoms with Crippen molar-refractivity contribution in [3.8, 4) is 5.75 Å². The number of carboxylic acids is 1. The van der Waals surface area contributed by atoms with Crippen LogP contribution in [-0.4, -0.2) is 41.1 Å². The van der Waals surface area contributed by atoms with Crippen molar-refractivity contribution in [2.75, 3.05) is 13.1 Å². The molecule has 23 heavy (non-hydrogen) atoms. The number of hydrogen-bond donors (Lipinski definition) is 1. The van der Waals surface area contributed by atoms with E-state index in [-0.39, 0.29) is 11.8 Å². The molecule has 0 aromatic heterocycles. The van der Waals surface area contributed by atoms with Crippen LogP contribution in [0.2, 0.25) is 0 Å². The fraction of sp³-hybridized carbons (Fsp3) is 0.529. The van der Waals surface area contributed by atoms with Crippen LogP contribution in [0.15, 0.2) is 28.7 Å². The monoisotopic (exact) mass is 381 g/mol. The van der Waals surface area contributed by atoms with E-state index in [9.17, 15) is 14.7 Å². The summed E-state index contributed by atoms with van der Waals surface area (Å²) < 4.78 is 6.59. The molecule has 0 spiro atoms. The quantitative estimate of drug-likeness (QED) is 0.851. The molecule has 1 saturated carbocycles. The van der Waals surface area contributed by atoms with Crippen LogP contribution in [0.4, 0.5) is 0 Å². The van der Waals surface area contributed by atoms with Gasteiger partial charge in [-0.25, -0.2) is 0 Å². The number of hydrogen-bond acceptors (Lipinski definition) is 3. The topological polar surface area (TPSA) is 66.8 Å². The molecular formula is C17H20BrNO4. The molecule has 2 fully saturated rings. The molecule has 1 aliphatic carbocycles. The highest BCUT2D eigenvalue weighted by atomic mass is 79.9. The number of aliphatic carboxylic acids is 1. The lowest BCUT2D eigenvalue weighted by Crippen LogP contribution is -2.39. The fourth-order valence-electron chi connectivity index (χ4n) is 3.32. The van der Waals surface area contributed by atoms with Crippen LogP contribution in [-0.2, 0) is 9.59 Å². The Morgan fingerprint density at radius 1 is 1.35 bits per heavy atom. The van der Waals surface area contributed by atoms with Crippen molar-refractivity contribution in [3.63, 3.8) is 0 Å². The Balaban J connectivity index is 1.64. The average Bonchev–Trinajstić information content (AvgIpc) is 3.24. The summed E-state index contributed by atoms with van der Waals surface area (Å²) in [5.41, 5.74) is 0. The largest absolute Gasteiger partial charge is 0.481 e. The molecule has 3 rings (SSSR count). The molecule has 1 N–H and O–H groups in total. The highest BCUT2D eigenvalue weighted by Crippen LogP contribution is 2.44. The van der Waals surface area contributed by atoms with Gasteiger partial charge in [0.05, 0.1) is 5.92 Å². The van der Waals surface area contributed by atoms with E-state index in [1.165, 1.54) is 0 Å². The molecule has 0 bridgehead atoms. The van der Waals surface area contributed by atoms with Crippen molar-refractivity contribution in [2.45, 2.75) is 25.9 Å². The predicted molar refractivity (Wildman–Crippen MR) is 88.2 cm³/mol. The van der Waals surface area contributed by atoms with Crippen molar-refractivity contribution in [1.29, 1.82) is 0 Å². The number of ether oxygens (including phenoxy) is 1. The van der Waals surface area contributed by atoms with Gasteiger partial charge in [0.2, 0.25) is 0 Å². The first-order valence-electron chi connectivity index (χ1n) is 7.89. The molecule has 5 nitrogen and oxygen atoms in total. The van der Waals surface area contributed by atoms with Crippen molar-refractivity contribution in [1.82, 2.24) is 4.90 Å². The molecule has 2 aliphatic rings. The number of amides is 1. The van der Waals surface area contributed by atoms with E-state index in [0.717, 1.165) is 17.3 Å². The number of carbonyl (C=O) groups is 2. The van der Waals surface area contributed by atoms with Crippen LogP contribution in [0.25, 0.3) is 0 Å². The van der Waals surface area contributed by atoms with Gasteiger partial charge in [0.15, 0.2) is 6.10 Å². The summed E-state index contributed by atoms with van der Waals surface area (Å²) in [6.07, 6.45) is 1.54. The number of rotatable bonds is 5. The fourth-order valence-corrected chi connectivity index (χ4v) is 3.70. The summed E-state index contributed by atoms with van der Waals surface area (Å²) in [6, 6.07) is 7.33. The van der Waals surface area contributed by atoms with E-state index < -0.39 is 18.0 Å². The Labute approximate surface area is 143 Å². The highest BCUT2D eigenvalue weighted by Gasteiger charge is 2.47. The minimum Gasteiger partial charge on any atom is -0.481 e. The minimum absolute atomic E-state index is 0.0921. The van der Waals surface area contributed by atoms with Crippen molar-refractivity contribution in [2.24, 2.45) is 17.8 Å². The maximum absolute atomic E-state index is 12.6. The maximum atomic E-state index is 12.6. The number of likely N-dealkylation sites (tertiary alicyclic amines) is 1. The lowest BCUT2D eigenvalue weighted by Gasteiger charge is -2.22. The van der Waals surface area contributed by atoms with Crippen LogP contribution >= 0.6 is 15.9 Å². The third kappa shape index (κ3) is 3.68. The number of halogens is 1. The van der Waals surface area contributed by atoms with Crippen LogP contribution in [0.5, 0.6) is 5.75 Å². The molecule has 0 radical (unpaired) electrons. The lowest BCUT2D eigenvalue weighted by atomic mass is 9.92. The molecule has 1 heterocycles. The molecule has 1 saturated heterocycles. The molecule has 3 atom stereocenters. The van der Waals surface area contributed by atoms with Crippen LogP contribution in [0.1, 0.15) is 19.8 Å². The Kier molecular flexibility index (Phi) is 4.62. The van der Waals surface area contributed by atoms with Gasteiger partial charge < -0.3 is 14.7 Å². The normalized spacial score (nSPS) is 25.2. The van der Waals surface area contributed by atoms with Gasteiger partial charge >= 0.3 is 5.97 Å². The molecule has 1 aliphatic heterocycles. The second-order valence-electron chi connectivity index (χ2n) is 6.41. The molecule has 1 aromatic carbocycles. The van der Waals surface area contributed by atoms with Crippen LogP contribution in [0.3, 0.4) is 0 Å². The third-order valence-corrected chi connectivity index (χ3v) is 5.17. The Hall–Kier alpha value is -1.56. The van der Waals surface area contributed by atoms with Gasteiger partial charge in [0.1, 0.15) is 5.75 Å². The average molecular weight is 382 g/mol. The summed E-state index contributed by atoms with van der Waals surface area (Å²) in [5.74, 6) is -0.195. The Bertz CT molecular complexity index is 616. The zero-order valence-corrected chi connectivity index (χ0v) is 14.5. The number of carbonyl (C=O) groups excluding carboxylic acids is 1. The van der Waals surface area contributed by atoms with Gasteiger partial charge in [-0.15, -0.1) is 0 Å². The number of nitrogens with zero attached hydrogens (tertiary/aromatic N) is 1. The predicted octanol–water partition coefficient (Wildman–Crippen LogP) is 2.79. The van der Waals surface area contributed by atoms with Gasteiger partial charge in [0, 0.05) is 17.6 Å². The summed E-state index contributed by atoms with van der Waals surface area (Å²) in [5, 5.41) is 9.39. The second-order valence-corrected chi connectivity index (χ2v) is 7.32. The van der Waals surface area contributed by atoms with E-state index in [1.54, 1.807) is 24.0 Å². The van der Waals surface area contributed by atoms with Crippen molar-refractivity contribution >= 4 is 27.8 Å². The Morgan fingerprint density at radius 3 is 2.70 bits per heavy atom. The second kappa shape index (κ2) is 6.51. The summed E-state index contributed by atoms with van der Waals surface area (Å²) >= 11 is 3.37. The van der Waals surface area contributed by atoms with Gasteiger partial charge in [0.25, 0.3) is 5.91 Å². The van der Waals surface area contributed by atoms with Crippen LogP contribution < -0.4 is 4.74 Å².